The molecule has 9 aromatic rings. The standard InChI is InChI=1S/C38H22N2O2/c1-5-14-33-27(10-1)29-18-16-24(22-36(29)42-33)23-8-7-9-25(20-23)37-38(40-32-13-4-3-12-31(32)39-37)26-17-19-35-30(21-26)28-11-2-6-15-34(28)41-35/h1-22H. The monoisotopic (exact) mass is 538 g/mol. The quantitative estimate of drug-likeness (QED) is 0.224. The molecule has 4 heteroatoms. The Balaban J connectivity index is 1.23. The van der Waals surface area contributed by atoms with Crippen LogP contribution in [0.1, 0.15) is 0 Å². The number of para-hydroxylation sites is 4. The molecule has 42 heavy (non-hydrogen) atoms. The number of hydrogen-bond donors (Lipinski definition) is 0. The zero-order valence-electron chi connectivity index (χ0n) is 22.4. The van der Waals surface area contributed by atoms with Gasteiger partial charge in [0.1, 0.15) is 22.3 Å². The maximum Gasteiger partial charge on any atom is 0.136 e. The van der Waals surface area contributed by atoms with E-state index < -0.39 is 0 Å². The number of rotatable bonds is 3. The Bertz CT molecular complexity index is 2480. The molecule has 0 aliphatic rings. The molecule has 4 nitrogen and oxygen atoms in total. The molecule has 3 aromatic heterocycles. The minimum Gasteiger partial charge on any atom is -0.456 e. The zero-order valence-corrected chi connectivity index (χ0v) is 22.4. The molecule has 3 heterocycles. The molecule has 0 saturated heterocycles. The van der Waals surface area contributed by atoms with Gasteiger partial charge < -0.3 is 8.83 Å². The van der Waals surface area contributed by atoms with Gasteiger partial charge in [-0.25, -0.2) is 9.97 Å². The summed E-state index contributed by atoms with van der Waals surface area (Å²) >= 11 is 0. The SMILES string of the molecule is c1cc(-c2ccc3c(c2)oc2ccccc23)cc(-c2nc3ccccc3nc2-c2ccc3oc4ccccc4c3c2)c1. The highest BCUT2D eigenvalue weighted by atomic mass is 16.3. The molecule has 0 aliphatic heterocycles. The molecule has 0 bridgehead atoms. The van der Waals surface area contributed by atoms with Crippen LogP contribution >= 0.6 is 0 Å². The first-order valence-electron chi connectivity index (χ1n) is 14.0. The van der Waals surface area contributed by atoms with E-state index in [1.807, 2.05) is 66.7 Å². The molecular weight excluding hydrogens is 516 g/mol. The Hall–Kier alpha value is -5.74. The lowest BCUT2D eigenvalue weighted by Crippen LogP contribution is -1.95. The Labute approximate surface area is 240 Å². The summed E-state index contributed by atoms with van der Waals surface area (Å²) in [7, 11) is 0. The zero-order chi connectivity index (χ0) is 27.6. The fourth-order valence-electron chi connectivity index (χ4n) is 6.03. The molecule has 0 atom stereocenters. The van der Waals surface area contributed by atoms with E-state index in [0.29, 0.717) is 0 Å². The van der Waals surface area contributed by atoms with Crippen molar-refractivity contribution in [3.05, 3.63) is 133 Å². The van der Waals surface area contributed by atoms with E-state index in [-0.39, 0.29) is 0 Å². The van der Waals surface area contributed by atoms with Crippen molar-refractivity contribution in [1.82, 2.24) is 9.97 Å². The molecule has 0 aliphatic carbocycles. The van der Waals surface area contributed by atoms with Gasteiger partial charge in [-0.15, -0.1) is 0 Å². The second-order valence-corrected chi connectivity index (χ2v) is 10.6. The summed E-state index contributed by atoms with van der Waals surface area (Å²) < 4.78 is 12.3. The van der Waals surface area contributed by atoms with Crippen molar-refractivity contribution in [2.75, 3.05) is 0 Å². The van der Waals surface area contributed by atoms with Gasteiger partial charge in [0.25, 0.3) is 0 Å². The number of fused-ring (bicyclic) bond motifs is 7. The van der Waals surface area contributed by atoms with E-state index in [2.05, 4.69) is 66.7 Å². The average molecular weight is 539 g/mol. The van der Waals surface area contributed by atoms with Crippen LogP contribution in [-0.4, -0.2) is 9.97 Å². The second-order valence-electron chi connectivity index (χ2n) is 10.6. The maximum atomic E-state index is 6.18. The number of nitrogens with zero attached hydrogens (tertiary/aromatic N) is 2. The van der Waals surface area contributed by atoms with Crippen molar-refractivity contribution in [1.29, 1.82) is 0 Å². The van der Waals surface area contributed by atoms with Crippen LogP contribution in [-0.2, 0) is 0 Å². The van der Waals surface area contributed by atoms with Gasteiger partial charge in [-0.3, -0.25) is 0 Å². The molecule has 0 saturated carbocycles. The maximum absolute atomic E-state index is 6.18. The lowest BCUT2D eigenvalue weighted by Gasteiger charge is -2.12. The Morgan fingerprint density at radius 2 is 0.857 bits per heavy atom. The summed E-state index contributed by atoms with van der Waals surface area (Å²) in [5.41, 5.74) is 11.1. The summed E-state index contributed by atoms with van der Waals surface area (Å²) in [4.78, 5) is 10.3. The van der Waals surface area contributed by atoms with Crippen molar-refractivity contribution in [2.45, 2.75) is 0 Å². The van der Waals surface area contributed by atoms with Crippen molar-refractivity contribution >= 4 is 54.9 Å². The van der Waals surface area contributed by atoms with E-state index in [4.69, 9.17) is 18.8 Å². The Morgan fingerprint density at radius 3 is 1.62 bits per heavy atom. The number of furan rings is 2. The number of benzene rings is 6. The molecule has 196 valence electrons. The van der Waals surface area contributed by atoms with Gasteiger partial charge in [0.15, 0.2) is 0 Å². The van der Waals surface area contributed by atoms with Crippen LogP contribution in [0.15, 0.2) is 142 Å². The van der Waals surface area contributed by atoms with Gasteiger partial charge in [-0.1, -0.05) is 72.8 Å². The highest BCUT2D eigenvalue weighted by Crippen LogP contribution is 2.38. The second kappa shape index (κ2) is 8.88. The summed E-state index contributed by atoms with van der Waals surface area (Å²) in [6.07, 6.45) is 0. The topological polar surface area (TPSA) is 52.1 Å². The normalized spacial score (nSPS) is 11.8. The molecule has 6 aromatic carbocycles. The average Bonchev–Trinajstić information content (AvgIpc) is 3.61. The third-order valence-electron chi connectivity index (χ3n) is 8.07. The Kier molecular flexibility index (Phi) is 4.87. The van der Waals surface area contributed by atoms with E-state index in [1.54, 1.807) is 0 Å². The first-order valence-corrected chi connectivity index (χ1v) is 14.0. The lowest BCUT2D eigenvalue weighted by molar-refractivity contribution is 0.668. The molecule has 0 spiro atoms. The van der Waals surface area contributed by atoms with Gasteiger partial charge in [0.05, 0.1) is 22.4 Å². The van der Waals surface area contributed by atoms with Gasteiger partial charge >= 0.3 is 0 Å². The largest absolute Gasteiger partial charge is 0.456 e. The van der Waals surface area contributed by atoms with Gasteiger partial charge in [0.2, 0.25) is 0 Å². The lowest BCUT2D eigenvalue weighted by atomic mass is 9.97. The molecule has 0 unspecified atom stereocenters. The predicted molar refractivity (Wildman–Crippen MR) is 170 cm³/mol. The van der Waals surface area contributed by atoms with E-state index in [9.17, 15) is 0 Å². The van der Waals surface area contributed by atoms with E-state index in [0.717, 1.165) is 88.6 Å². The van der Waals surface area contributed by atoms with Crippen molar-refractivity contribution in [2.24, 2.45) is 0 Å². The third kappa shape index (κ3) is 3.55. The van der Waals surface area contributed by atoms with Crippen LogP contribution in [0.2, 0.25) is 0 Å². The minimum absolute atomic E-state index is 0.839. The third-order valence-corrected chi connectivity index (χ3v) is 8.07. The molecule has 0 radical (unpaired) electrons. The molecule has 0 fully saturated rings. The van der Waals surface area contributed by atoms with Crippen molar-refractivity contribution < 1.29 is 8.83 Å². The number of aromatic nitrogens is 2. The predicted octanol–water partition coefficient (Wildman–Crippen LogP) is 10.4. The van der Waals surface area contributed by atoms with Crippen LogP contribution in [0.4, 0.5) is 0 Å². The molecule has 0 N–H and O–H groups in total. The molecule has 9 rings (SSSR count). The minimum atomic E-state index is 0.839. The van der Waals surface area contributed by atoms with Crippen molar-refractivity contribution in [3.8, 4) is 33.6 Å². The highest BCUT2D eigenvalue weighted by molar-refractivity contribution is 6.07. The van der Waals surface area contributed by atoms with E-state index >= 15 is 0 Å². The first kappa shape index (κ1) is 23.0. The van der Waals surface area contributed by atoms with Gasteiger partial charge in [0, 0.05) is 32.7 Å². The fraction of sp³-hybridized carbons (Fsp3) is 0. The van der Waals surface area contributed by atoms with Crippen LogP contribution in [0.3, 0.4) is 0 Å². The van der Waals surface area contributed by atoms with E-state index in [1.165, 1.54) is 0 Å². The first-order chi connectivity index (χ1) is 20.8. The summed E-state index contributed by atoms with van der Waals surface area (Å²) in [6, 6.07) is 45.6. The van der Waals surface area contributed by atoms with Crippen LogP contribution in [0, 0.1) is 0 Å². The Morgan fingerprint density at radius 1 is 0.333 bits per heavy atom. The molecule has 0 amide bonds. The van der Waals surface area contributed by atoms with Crippen LogP contribution in [0.5, 0.6) is 0 Å². The summed E-state index contributed by atoms with van der Waals surface area (Å²) in [5.74, 6) is 0. The molecular formula is C38H22N2O2. The van der Waals surface area contributed by atoms with Crippen molar-refractivity contribution in [3.63, 3.8) is 0 Å². The number of hydrogen-bond acceptors (Lipinski definition) is 4. The summed E-state index contributed by atoms with van der Waals surface area (Å²) in [5, 5.41) is 4.41. The fourth-order valence-corrected chi connectivity index (χ4v) is 6.03. The van der Waals surface area contributed by atoms with Gasteiger partial charge in [-0.2, -0.15) is 0 Å². The van der Waals surface area contributed by atoms with Gasteiger partial charge in [-0.05, 0) is 71.8 Å². The summed E-state index contributed by atoms with van der Waals surface area (Å²) in [6.45, 7) is 0. The van der Waals surface area contributed by atoms with Crippen LogP contribution in [0.25, 0.3) is 88.6 Å². The highest BCUT2D eigenvalue weighted by Gasteiger charge is 2.17. The van der Waals surface area contributed by atoms with Crippen LogP contribution < -0.4 is 0 Å². The smallest absolute Gasteiger partial charge is 0.136 e.